The first-order valence-corrected chi connectivity index (χ1v) is 13.7. The van der Waals surface area contributed by atoms with Gasteiger partial charge in [0.05, 0.1) is 49.1 Å². The van der Waals surface area contributed by atoms with E-state index in [0.717, 1.165) is 35.2 Å². The number of carbonyl (C=O) groups excluding carboxylic acids is 2. The fourth-order valence-corrected chi connectivity index (χ4v) is 4.74. The van der Waals surface area contributed by atoms with Gasteiger partial charge in [0.25, 0.3) is 5.91 Å². The van der Waals surface area contributed by atoms with Crippen molar-refractivity contribution in [2.45, 2.75) is 65.1 Å². The fourth-order valence-electron chi connectivity index (χ4n) is 4.74. The second-order valence-corrected chi connectivity index (χ2v) is 10.9. The summed E-state index contributed by atoms with van der Waals surface area (Å²) in [5.41, 5.74) is 4.27. The standard InChI is InChI=1S/C29H32N8O4/c1-5-40-28(39)29(3,4)41-25-11-20(19-6-7-19)13-36-14-21(32-26(25)36)15-37-16-23(33-34-37)27(38)30-12-22-24-10-18(2)8-9-35(24)17-31-22/h8-11,13-14,16-17,19H,5-7,12,15H2,1-4H3,(H,30,38). The number of hydrogen-bond acceptors (Lipinski definition) is 8. The van der Waals surface area contributed by atoms with Crippen molar-refractivity contribution in [1.82, 2.24) is 39.1 Å². The number of amides is 1. The van der Waals surface area contributed by atoms with Gasteiger partial charge in [-0.2, -0.15) is 0 Å². The average Bonchev–Trinajstić information content (AvgIpc) is 3.34. The summed E-state index contributed by atoms with van der Waals surface area (Å²) in [6.07, 6.45) is 11.4. The molecule has 1 aliphatic rings. The molecule has 12 heteroatoms. The number of aromatic nitrogens is 7. The molecule has 0 radical (unpaired) electrons. The molecule has 0 aliphatic heterocycles. The Balaban J connectivity index is 1.18. The highest BCUT2D eigenvalue weighted by atomic mass is 16.6. The molecule has 41 heavy (non-hydrogen) atoms. The molecule has 5 aromatic rings. The summed E-state index contributed by atoms with van der Waals surface area (Å²) in [7, 11) is 0. The van der Waals surface area contributed by atoms with Crippen molar-refractivity contribution in [3.8, 4) is 5.75 Å². The quantitative estimate of drug-likeness (QED) is 0.259. The van der Waals surface area contributed by atoms with Crippen LogP contribution in [0.4, 0.5) is 0 Å². The maximum Gasteiger partial charge on any atom is 0.349 e. The lowest BCUT2D eigenvalue weighted by molar-refractivity contribution is -0.158. The van der Waals surface area contributed by atoms with Crippen LogP contribution in [-0.2, 0) is 22.6 Å². The minimum absolute atomic E-state index is 0.199. The van der Waals surface area contributed by atoms with E-state index in [0.29, 0.717) is 29.6 Å². The van der Waals surface area contributed by atoms with E-state index < -0.39 is 11.6 Å². The van der Waals surface area contributed by atoms with Crippen LogP contribution in [0.3, 0.4) is 0 Å². The molecule has 0 saturated heterocycles. The van der Waals surface area contributed by atoms with E-state index in [1.54, 1.807) is 38.0 Å². The van der Waals surface area contributed by atoms with Crippen LogP contribution in [-0.4, -0.2) is 57.8 Å². The highest BCUT2D eigenvalue weighted by Gasteiger charge is 2.34. The van der Waals surface area contributed by atoms with Crippen molar-refractivity contribution in [3.05, 3.63) is 77.5 Å². The van der Waals surface area contributed by atoms with Gasteiger partial charge in [0.15, 0.2) is 22.7 Å². The zero-order valence-electron chi connectivity index (χ0n) is 23.5. The van der Waals surface area contributed by atoms with Gasteiger partial charge in [0, 0.05) is 18.6 Å². The maximum absolute atomic E-state index is 12.8. The monoisotopic (exact) mass is 556 g/mol. The summed E-state index contributed by atoms with van der Waals surface area (Å²) in [6.45, 7) is 8.00. The van der Waals surface area contributed by atoms with Crippen molar-refractivity contribution in [2.75, 3.05) is 6.61 Å². The van der Waals surface area contributed by atoms with E-state index in [2.05, 4.69) is 26.8 Å². The molecule has 1 fully saturated rings. The molecular formula is C29H32N8O4. The van der Waals surface area contributed by atoms with Crippen molar-refractivity contribution in [3.63, 3.8) is 0 Å². The molecule has 0 aromatic carbocycles. The first-order valence-electron chi connectivity index (χ1n) is 13.7. The summed E-state index contributed by atoms with van der Waals surface area (Å²) in [4.78, 5) is 34.5. The number of nitrogens with zero attached hydrogens (tertiary/aromatic N) is 7. The number of nitrogens with one attached hydrogen (secondary N) is 1. The summed E-state index contributed by atoms with van der Waals surface area (Å²) in [6, 6.07) is 6.00. The topological polar surface area (TPSA) is 130 Å². The summed E-state index contributed by atoms with van der Waals surface area (Å²) < 4.78 is 16.8. The lowest BCUT2D eigenvalue weighted by Gasteiger charge is -2.24. The van der Waals surface area contributed by atoms with Crippen LogP contribution in [0, 0.1) is 6.92 Å². The zero-order chi connectivity index (χ0) is 28.7. The van der Waals surface area contributed by atoms with Gasteiger partial charge < -0.3 is 23.6 Å². The van der Waals surface area contributed by atoms with Gasteiger partial charge in [0.2, 0.25) is 0 Å². The van der Waals surface area contributed by atoms with Gasteiger partial charge in [-0.3, -0.25) is 4.79 Å². The highest BCUT2D eigenvalue weighted by molar-refractivity contribution is 5.91. The van der Waals surface area contributed by atoms with Gasteiger partial charge in [0.1, 0.15) is 0 Å². The van der Waals surface area contributed by atoms with E-state index in [4.69, 9.17) is 14.5 Å². The molecule has 1 saturated carbocycles. The molecule has 1 N–H and O–H groups in total. The van der Waals surface area contributed by atoms with Gasteiger partial charge in [-0.1, -0.05) is 5.21 Å². The predicted molar refractivity (Wildman–Crippen MR) is 149 cm³/mol. The Morgan fingerprint density at radius 3 is 2.76 bits per heavy atom. The van der Waals surface area contributed by atoms with Crippen LogP contribution in [0.1, 0.15) is 72.5 Å². The molecule has 5 aromatic heterocycles. The van der Waals surface area contributed by atoms with E-state index >= 15 is 0 Å². The van der Waals surface area contributed by atoms with Gasteiger partial charge in [-0.25, -0.2) is 19.4 Å². The summed E-state index contributed by atoms with van der Waals surface area (Å²) in [5.74, 6) is 0.204. The van der Waals surface area contributed by atoms with Gasteiger partial charge in [-0.05, 0) is 75.8 Å². The molecule has 0 spiro atoms. The first kappa shape index (κ1) is 26.5. The van der Waals surface area contributed by atoms with Crippen molar-refractivity contribution in [2.24, 2.45) is 0 Å². The number of fused-ring (bicyclic) bond motifs is 2. The number of hydrogen-bond donors (Lipinski definition) is 1. The second kappa shape index (κ2) is 10.3. The zero-order valence-corrected chi connectivity index (χ0v) is 23.5. The van der Waals surface area contributed by atoms with E-state index in [1.165, 1.54) is 0 Å². The first-order chi connectivity index (χ1) is 19.7. The Hall–Kier alpha value is -4.74. The smallest absolute Gasteiger partial charge is 0.349 e. The van der Waals surface area contributed by atoms with Gasteiger partial charge in [-0.15, -0.1) is 5.10 Å². The van der Waals surface area contributed by atoms with Crippen LogP contribution >= 0.6 is 0 Å². The number of aryl methyl sites for hydroxylation is 1. The van der Waals surface area contributed by atoms with Crippen LogP contribution < -0.4 is 10.1 Å². The SMILES string of the molecule is CCOC(=O)C(C)(C)Oc1cc(C2CC2)cn2cc(Cn3cc(C(=O)NCc4ncn5ccc(C)cc45)nn3)nc12. The Kier molecular flexibility index (Phi) is 6.68. The number of pyridine rings is 2. The molecule has 0 bridgehead atoms. The van der Waals surface area contributed by atoms with Crippen LogP contribution in [0.5, 0.6) is 5.75 Å². The number of ether oxygens (including phenoxy) is 2. The Morgan fingerprint density at radius 2 is 1.98 bits per heavy atom. The molecule has 1 aliphatic carbocycles. The lowest BCUT2D eigenvalue weighted by atomic mass is 10.1. The molecule has 0 atom stereocenters. The number of imidazole rings is 2. The lowest BCUT2D eigenvalue weighted by Crippen LogP contribution is -2.39. The third kappa shape index (κ3) is 5.49. The third-order valence-electron chi connectivity index (χ3n) is 7.06. The Bertz CT molecular complexity index is 1760. The maximum atomic E-state index is 12.8. The minimum Gasteiger partial charge on any atom is -0.472 e. The molecule has 212 valence electrons. The Morgan fingerprint density at radius 1 is 1.15 bits per heavy atom. The largest absolute Gasteiger partial charge is 0.472 e. The number of esters is 1. The van der Waals surface area contributed by atoms with E-state index in [1.807, 2.05) is 46.3 Å². The molecule has 12 nitrogen and oxygen atoms in total. The average molecular weight is 557 g/mol. The summed E-state index contributed by atoms with van der Waals surface area (Å²) in [5, 5.41) is 11.1. The molecule has 1 amide bonds. The highest BCUT2D eigenvalue weighted by Crippen LogP contribution is 2.42. The summed E-state index contributed by atoms with van der Waals surface area (Å²) >= 11 is 0. The Labute approximate surface area is 236 Å². The van der Waals surface area contributed by atoms with Crippen molar-refractivity contribution < 1.29 is 19.1 Å². The minimum atomic E-state index is -1.18. The van der Waals surface area contributed by atoms with Crippen LogP contribution in [0.2, 0.25) is 0 Å². The normalized spacial score (nSPS) is 13.6. The van der Waals surface area contributed by atoms with Crippen LogP contribution in [0.15, 0.2) is 49.3 Å². The van der Waals surface area contributed by atoms with E-state index in [9.17, 15) is 9.59 Å². The molecular weight excluding hydrogens is 524 g/mol. The van der Waals surface area contributed by atoms with Crippen molar-refractivity contribution in [1.29, 1.82) is 0 Å². The number of rotatable bonds is 10. The van der Waals surface area contributed by atoms with E-state index in [-0.39, 0.29) is 24.8 Å². The third-order valence-corrected chi connectivity index (χ3v) is 7.06. The second-order valence-electron chi connectivity index (χ2n) is 10.9. The molecule has 0 unspecified atom stereocenters. The van der Waals surface area contributed by atoms with Crippen molar-refractivity contribution >= 4 is 23.0 Å². The number of carbonyl (C=O) groups is 2. The van der Waals surface area contributed by atoms with Crippen LogP contribution in [0.25, 0.3) is 11.2 Å². The molecule has 6 rings (SSSR count). The molecule has 5 heterocycles. The van der Waals surface area contributed by atoms with Gasteiger partial charge >= 0.3 is 5.97 Å². The fraction of sp³-hybridized carbons (Fsp3) is 0.379. The predicted octanol–water partition coefficient (Wildman–Crippen LogP) is 3.46.